The quantitative estimate of drug-likeness (QED) is 0.773. The first kappa shape index (κ1) is 10.1. The van der Waals surface area contributed by atoms with Crippen LogP contribution in [-0.2, 0) is 0 Å². The lowest BCUT2D eigenvalue weighted by molar-refractivity contribution is 0.0755. The molecule has 6 heteroatoms. The molecule has 1 aliphatic heterocycles. The Morgan fingerprint density at radius 3 is 3.18 bits per heavy atom. The van der Waals surface area contributed by atoms with Crippen molar-refractivity contribution >= 4 is 5.91 Å². The van der Waals surface area contributed by atoms with Crippen molar-refractivity contribution in [3.05, 3.63) is 36.5 Å². The van der Waals surface area contributed by atoms with E-state index in [9.17, 15) is 4.79 Å². The molecule has 1 fully saturated rings. The van der Waals surface area contributed by atoms with Gasteiger partial charge in [-0.3, -0.25) is 4.79 Å². The van der Waals surface area contributed by atoms with Crippen molar-refractivity contribution in [1.82, 2.24) is 19.9 Å². The zero-order chi connectivity index (χ0) is 11.7. The Labute approximate surface area is 97.8 Å². The Morgan fingerprint density at radius 2 is 2.47 bits per heavy atom. The van der Waals surface area contributed by atoms with E-state index < -0.39 is 0 Å². The molecule has 17 heavy (non-hydrogen) atoms. The van der Waals surface area contributed by atoms with Crippen LogP contribution in [-0.4, -0.2) is 38.9 Å². The maximum absolute atomic E-state index is 12.0. The van der Waals surface area contributed by atoms with Crippen LogP contribution in [0.5, 0.6) is 0 Å². The maximum Gasteiger partial charge on any atom is 0.289 e. The first-order valence-corrected chi connectivity index (χ1v) is 5.53. The van der Waals surface area contributed by atoms with E-state index in [2.05, 4.69) is 10.3 Å². The first-order valence-electron chi connectivity index (χ1n) is 5.53. The van der Waals surface area contributed by atoms with Gasteiger partial charge in [-0.1, -0.05) is 5.21 Å². The highest BCUT2D eigenvalue weighted by Gasteiger charge is 2.29. The van der Waals surface area contributed by atoms with Crippen LogP contribution in [0.4, 0.5) is 0 Å². The Morgan fingerprint density at radius 1 is 1.53 bits per heavy atom. The van der Waals surface area contributed by atoms with Gasteiger partial charge in [0.1, 0.15) is 0 Å². The predicted molar refractivity (Wildman–Crippen MR) is 58.3 cm³/mol. The summed E-state index contributed by atoms with van der Waals surface area (Å²) in [5.74, 6) is 0.335. The highest BCUT2D eigenvalue weighted by atomic mass is 16.3. The number of hydrogen-bond donors (Lipinski definition) is 0. The average Bonchev–Trinajstić information content (AvgIpc) is 3.09. The van der Waals surface area contributed by atoms with Crippen molar-refractivity contribution in [3.8, 4) is 0 Å². The Balaban J connectivity index is 1.70. The summed E-state index contributed by atoms with van der Waals surface area (Å²) in [6.07, 6.45) is 5.89. The van der Waals surface area contributed by atoms with Gasteiger partial charge in [0, 0.05) is 19.3 Å². The van der Waals surface area contributed by atoms with Gasteiger partial charge >= 0.3 is 0 Å². The summed E-state index contributed by atoms with van der Waals surface area (Å²) in [7, 11) is 0. The molecule has 3 rings (SSSR count). The van der Waals surface area contributed by atoms with Crippen LogP contribution < -0.4 is 0 Å². The summed E-state index contributed by atoms with van der Waals surface area (Å²) < 4.78 is 6.91. The van der Waals surface area contributed by atoms with Gasteiger partial charge in [0.2, 0.25) is 0 Å². The van der Waals surface area contributed by atoms with Crippen molar-refractivity contribution in [2.45, 2.75) is 12.5 Å². The van der Waals surface area contributed by atoms with Crippen molar-refractivity contribution < 1.29 is 9.21 Å². The molecule has 2 aromatic rings. The second-order valence-electron chi connectivity index (χ2n) is 4.05. The van der Waals surface area contributed by atoms with Crippen molar-refractivity contribution in [3.63, 3.8) is 0 Å². The number of furan rings is 1. The molecule has 2 aromatic heterocycles. The molecule has 0 bridgehead atoms. The van der Waals surface area contributed by atoms with E-state index in [-0.39, 0.29) is 11.9 Å². The maximum atomic E-state index is 12.0. The van der Waals surface area contributed by atoms with Gasteiger partial charge in [-0.25, -0.2) is 4.68 Å². The number of aromatic nitrogens is 3. The molecule has 6 nitrogen and oxygen atoms in total. The van der Waals surface area contributed by atoms with Crippen LogP contribution >= 0.6 is 0 Å². The highest BCUT2D eigenvalue weighted by molar-refractivity contribution is 5.91. The second-order valence-corrected chi connectivity index (χ2v) is 4.05. The number of carbonyl (C=O) groups is 1. The summed E-state index contributed by atoms with van der Waals surface area (Å²) in [5.41, 5.74) is 0. The molecule has 0 aromatic carbocycles. The fourth-order valence-electron chi connectivity index (χ4n) is 2.11. The number of carbonyl (C=O) groups excluding carboxylic acids is 1. The van der Waals surface area contributed by atoms with Gasteiger partial charge in [0.25, 0.3) is 5.91 Å². The molecule has 1 saturated heterocycles. The van der Waals surface area contributed by atoms with Gasteiger partial charge in [-0.05, 0) is 18.6 Å². The van der Waals surface area contributed by atoms with Gasteiger partial charge in [0.15, 0.2) is 5.76 Å². The number of amides is 1. The van der Waals surface area contributed by atoms with Crippen molar-refractivity contribution in [2.24, 2.45) is 0 Å². The van der Waals surface area contributed by atoms with Crippen molar-refractivity contribution in [2.75, 3.05) is 13.1 Å². The van der Waals surface area contributed by atoms with Crippen LogP contribution in [0, 0.1) is 0 Å². The Hall–Kier alpha value is -2.11. The van der Waals surface area contributed by atoms with E-state index in [0.717, 1.165) is 13.0 Å². The van der Waals surface area contributed by atoms with Crippen LogP contribution in [0.25, 0.3) is 0 Å². The van der Waals surface area contributed by atoms with E-state index in [0.29, 0.717) is 12.3 Å². The van der Waals surface area contributed by atoms with Crippen LogP contribution in [0.2, 0.25) is 0 Å². The minimum Gasteiger partial charge on any atom is -0.459 e. The fraction of sp³-hybridized carbons (Fsp3) is 0.364. The third kappa shape index (κ3) is 1.82. The topological polar surface area (TPSA) is 64.2 Å². The highest BCUT2D eigenvalue weighted by Crippen LogP contribution is 2.22. The normalized spacial score (nSPS) is 19.8. The Bertz CT molecular complexity index is 492. The lowest BCUT2D eigenvalue weighted by atomic mass is 10.3. The zero-order valence-corrected chi connectivity index (χ0v) is 9.19. The van der Waals surface area contributed by atoms with E-state index in [1.54, 1.807) is 27.9 Å². The smallest absolute Gasteiger partial charge is 0.289 e. The van der Waals surface area contributed by atoms with Crippen molar-refractivity contribution in [1.29, 1.82) is 0 Å². The van der Waals surface area contributed by atoms with Crippen LogP contribution in [0.3, 0.4) is 0 Å². The molecule has 88 valence electrons. The molecule has 1 unspecified atom stereocenters. The zero-order valence-electron chi connectivity index (χ0n) is 9.19. The average molecular weight is 232 g/mol. The van der Waals surface area contributed by atoms with E-state index >= 15 is 0 Å². The summed E-state index contributed by atoms with van der Waals surface area (Å²) in [6.45, 7) is 1.38. The molecule has 1 atom stereocenters. The van der Waals surface area contributed by atoms with E-state index in [4.69, 9.17) is 4.42 Å². The van der Waals surface area contributed by atoms with Gasteiger partial charge in [-0.15, -0.1) is 5.10 Å². The van der Waals surface area contributed by atoms with Crippen LogP contribution in [0.15, 0.2) is 35.2 Å². The molecular formula is C11H12N4O2. The van der Waals surface area contributed by atoms with Gasteiger partial charge in [0.05, 0.1) is 18.5 Å². The van der Waals surface area contributed by atoms with E-state index in [1.807, 2.05) is 6.20 Å². The minimum absolute atomic E-state index is 0.0578. The monoisotopic (exact) mass is 232 g/mol. The number of hydrogen-bond acceptors (Lipinski definition) is 4. The molecule has 1 aliphatic rings. The molecule has 1 amide bonds. The van der Waals surface area contributed by atoms with Crippen LogP contribution in [0.1, 0.15) is 23.0 Å². The summed E-state index contributed by atoms with van der Waals surface area (Å²) in [4.78, 5) is 13.8. The minimum atomic E-state index is -0.0578. The second kappa shape index (κ2) is 4.04. The standard InChI is InChI=1S/C11H12N4O2/c16-11(10-2-1-7-17-10)14-5-3-9(8-14)15-6-4-12-13-15/h1-2,4,6-7,9H,3,5,8H2. The number of likely N-dealkylation sites (tertiary alicyclic amines) is 1. The summed E-state index contributed by atoms with van der Waals surface area (Å²) >= 11 is 0. The lowest BCUT2D eigenvalue weighted by Crippen LogP contribution is -2.28. The SMILES string of the molecule is O=C(c1ccco1)N1CCC(n2ccnn2)C1. The van der Waals surface area contributed by atoms with Gasteiger partial charge < -0.3 is 9.32 Å². The number of nitrogens with zero attached hydrogens (tertiary/aromatic N) is 4. The fourth-order valence-corrected chi connectivity index (χ4v) is 2.11. The molecule has 0 saturated carbocycles. The molecular weight excluding hydrogens is 220 g/mol. The molecule has 0 aliphatic carbocycles. The third-order valence-electron chi connectivity index (χ3n) is 3.00. The van der Waals surface area contributed by atoms with Gasteiger partial charge in [-0.2, -0.15) is 0 Å². The summed E-state index contributed by atoms with van der Waals surface area (Å²) in [6, 6.07) is 3.62. The Kier molecular flexibility index (Phi) is 2.40. The molecule has 3 heterocycles. The third-order valence-corrected chi connectivity index (χ3v) is 3.00. The predicted octanol–water partition coefficient (Wildman–Crippen LogP) is 0.958. The largest absolute Gasteiger partial charge is 0.459 e. The van der Waals surface area contributed by atoms with E-state index in [1.165, 1.54) is 6.26 Å². The number of rotatable bonds is 2. The molecule has 0 N–H and O–H groups in total. The molecule has 0 radical (unpaired) electrons. The molecule has 0 spiro atoms. The first-order chi connectivity index (χ1) is 8.34. The summed E-state index contributed by atoms with van der Waals surface area (Å²) in [5, 5.41) is 7.74. The lowest BCUT2D eigenvalue weighted by Gasteiger charge is -2.14.